The lowest BCUT2D eigenvalue weighted by Crippen LogP contribution is -2.39. The van der Waals surface area contributed by atoms with Crippen LogP contribution in [-0.2, 0) is 17.4 Å². The van der Waals surface area contributed by atoms with Crippen molar-refractivity contribution >= 4 is 47.9 Å². The molecule has 0 fully saturated rings. The fraction of sp³-hybridized carbons (Fsp3) is 0.325. The molecule has 12 nitrogen and oxygen atoms in total. The topological polar surface area (TPSA) is 139 Å². The minimum Gasteiger partial charge on any atom is -0.493 e. The van der Waals surface area contributed by atoms with Gasteiger partial charge in [0.2, 0.25) is 0 Å². The number of aliphatic imine (C=N–C) groups is 1. The van der Waals surface area contributed by atoms with Crippen LogP contribution in [-0.4, -0.2) is 94.3 Å². The fourth-order valence-electron chi connectivity index (χ4n) is 7.76. The Bertz CT molecular complexity index is 2170. The molecule has 0 spiro atoms. The minimum absolute atomic E-state index is 0.00824. The average molecular weight is 737 g/mol. The van der Waals surface area contributed by atoms with E-state index in [2.05, 4.69) is 16.4 Å². The number of fused-ring (bicyclic) bond motifs is 8. The molecule has 2 amide bonds. The van der Waals surface area contributed by atoms with E-state index >= 15 is 0 Å². The Morgan fingerprint density at radius 3 is 2.06 bits per heavy atom. The molecule has 0 bridgehead atoms. The van der Waals surface area contributed by atoms with Gasteiger partial charge in [-0.3, -0.25) is 19.5 Å². The number of rotatable bonds is 12. The highest BCUT2D eigenvalue weighted by atomic mass is 31.2. The predicted molar refractivity (Wildman–Crippen MR) is 204 cm³/mol. The number of para-hydroxylation sites is 2. The second-order valence-corrected chi connectivity index (χ2v) is 17.1. The number of hydrogen-bond donors (Lipinski definition) is 2. The quantitative estimate of drug-likeness (QED) is 0.173. The van der Waals surface area contributed by atoms with E-state index in [0.717, 1.165) is 28.9 Å². The summed E-state index contributed by atoms with van der Waals surface area (Å²) in [5, 5.41) is 13.3. The summed E-state index contributed by atoms with van der Waals surface area (Å²) < 4.78 is 37.6. The van der Waals surface area contributed by atoms with Crippen LogP contribution in [0, 0.1) is 0 Å². The fourth-order valence-corrected chi connectivity index (χ4v) is 9.65. The number of ether oxygens (including phenoxy) is 4. The zero-order valence-corrected chi connectivity index (χ0v) is 30.5. The first kappa shape index (κ1) is 34.7. The Labute approximate surface area is 307 Å². The molecule has 4 aromatic carbocycles. The number of aliphatic hydroxyl groups is 1. The van der Waals surface area contributed by atoms with Crippen molar-refractivity contribution < 1.29 is 38.2 Å². The van der Waals surface area contributed by atoms with Crippen molar-refractivity contribution in [1.29, 1.82) is 0 Å². The van der Waals surface area contributed by atoms with E-state index in [1.54, 1.807) is 35.4 Å². The standard InChI is InChI=1S/C40H41N4O8P/c1-49-35-19-29-31(41-23-27-17-25-7-3-5-9-33(25)43(27)39(29)46)21-37(35)51-12-15-53(48,14-11-45)16-13-52-38-22-32-30(20-36(38)50-2)40(47)44-28(24-42-32)18-26-8-4-6-10-34(26)44/h3-10,19-23,27-28,42,45H,11-18,24H2,1-2H3/t27-,28-,53?/m0/s1. The van der Waals surface area contributed by atoms with E-state index < -0.39 is 7.14 Å². The Morgan fingerprint density at radius 1 is 0.774 bits per heavy atom. The monoisotopic (exact) mass is 736 g/mol. The number of anilines is 3. The predicted octanol–water partition coefficient (Wildman–Crippen LogP) is 5.80. The molecule has 0 saturated heterocycles. The van der Waals surface area contributed by atoms with Crippen LogP contribution in [0.2, 0.25) is 0 Å². The number of amides is 2. The van der Waals surface area contributed by atoms with Crippen LogP contribution in [0.15, 0.2) is 77.8 Å². The van der Waals surface area contributed by atoms with E-state index in [9.17, 15) is 19.3 Å². The Morgan fingerprint density at radius 2 is 1.38 bits per heavy atom. The van der Waals surface area contributed by atoms with Gasteiger partial charge in [0.15, 0.2) is 23.0 Å². The molecule has 13 heteroatoms. The molecule has 0 saturated carbocycles. The molecule has 0 radical (unpaired) electrons. The molecule has 2 N–H and O–H groups in total. The molecule has 0 aromatic heterocycles. The zero-order chi connectivity index (χ0) is 36.7. The molecule has 8 rings (SSSR count). The number of carbonyl (C=O) groups is 2. The number of benzene rings is 4. The van der Waals surface area contributed by atoms with Crippen LogP contribution in [0.1, 0.15) is 31.8 Å². The molecule has 4 aliphatic rings. The SMILES string of the molecule is COc1cc2c(cc1OCCP(=O)(CCO)CCOc1cc3c(cc1OC)C(=O)N1c4ccccc4C[C@H]1CN3)N=C[C@@H]1Cc3ccccc3N1C2=O. The van der Waals surface area contributed by atoms with Crippen LogP contribution in [0.25, 0.3) is 0 Å². The van der Waals surface area contributed by atoms with Gasteiger partial charge in [0.25, 0.3) is 11.8 Å². The molecule has 0 aliphatic carbocycles. The van der Waals surface area contributed by atoms with Crippen molar-refractivity contribution in [2.24, 2.45) is 4.99 Å². The first-order valence-corrected chi connectivity index (χ1v) is 20.1. The zero-order valence-electron chi connectivity index (χ0n) is 29.6. The highest BCUT2D eigenvalue weighted by Crippen LogP contribution is 2.46. The van der Waals surface area contributed by atoms with Gasteiger partial charge in [-0.25, -0.2) is 0 Å². The first-order valence-electron chi connectivity index (χ1n) is 17.8. The number of nitrogens with one attached hydrogen (secondary N) is 1. The largest absolute Gasteiger partial charge is 0.493 e. The lowest BCUT2D eigenvalue weighted by atomic mass is 10.1. The van der Waals surface area contributed by atoms with Gasteiger partial charge >= 0.3 is 0 Å². The van der Waals surface area contributed by atoms with E-state index in [0.29, 0.717) is 58.5 Å². The van der Waals surface area contributed by atoms with Crippen LogP contribution < -0.4 is 34.1 Å². The second-order valence-electron chi connectivity index (χ2n) is 13.6. The summed E-state index contributed by atoms with van der Waals surface area (Å²) in [6.07, 6.45) is 3.74. The minimum atomic E-state index is -2.96. The third kappa shape index (κ3) is 6.40. The summed E-state index contributed by atoms with van der Waals surface area (Å²) in [6, 6.07) is 22.4. The van der Waals surface area contributed by atoms with Crippen molar-refractivity contribution in [1.82, 2.24) is 0 Å². The van der Waals surface area contributed by atoms with Crippen molar-refractivity contribution in [3.63, 3.8) is 0 Å². The molecule has 1 unspecified atom stereocenters. The van der Waals surface area contributed by atoms with Crippen molar-refractivity contribution in [3.05, 3.63) is 95.1 Å². The average Bonchev–Trinajstić information content (AvgIpc) is 3.66. The second kappa shape index (κ2) is 14.2. The lowest BCUT2D eigenvalue weighted by molar-refractivity contribution is 0.0977. The van der Waals surface area contributed by atoms with Gasteiger partial charge < -0.3 is 38.8 Å². The van der Waals surface area contributed by atoms with Crippen molar-refractivity contribution in [2.45, 2.75) is 24.9 Å². The van der Waals surface area contributed by atoms with Gasteiger partial charge in [0.1, 0.15) is 0 Å². The van der Waals surface area contributed by atoms with Gasteiger partial charge in [0, 0.05) is 67.8 Å². The number of aliphatic hydroxyl groups excluding tert-OH is 1. The third-order valence-electron chi connectivity index (χ3n) is 10.5. The number of hydrogen-bond acceptors (Lipinski definition) is 10. The van der Waals surface area contributed by atoms with Gasteiger partial charge in [-0.1, -0.05) is 36.4 Å². The number of carbonyl (C=O) groups excluding carboxylic acids is 2. The Hall–Kier alpha value is -5.32. The van der Waals surface area contributed by atoms with Crippen molar-refractivity contribution in [2.75, 3.05) is 74.2 Å². The van der Waals surface area contributed by atoms with Gasteiger partial charge in [-0.05, 0) is 41.8 Å². The molecule has 3 atom stereocenters. The van der Waals surface area contributed by atoms with Crippen LogP contribution in [0.3, 0.4) is 0 Å². The molecule has 53 heavy (non-hydrogen) atoms. The highest BCUT2D eigenvalue weighted by Gasteiger charge is 2.39. The molecular weight excluding hydrogens is 695 g/mol. The van der Waals surface area contributed by atoms with Gasteiger partial charge in [-0.15, -0.1) is 0 Å². The summed E-state index contributed by atoms with van der Waals surface area (Å²) in [4.78, 5) is 35.8. The summed E-state index contributed by atoms with van der Waals surface area (Å²) in [5.41, 5.74) is 6.08. The normalized spacial score (nSPS) is 19.0. The van der Waals surface area contributed by atoms with Crippen LogP contribution >= 0.6 is 7.14 Å². The number of nitrogens with zero attached hydrogens (tertiary/aromatic N) is 3. The number of methoxy groups -OCH3 is 2. The van der Waals surface area contributed by atoms with E-state index in [-0.39, 0.29) is 62.2 Å². The van der Waals surface area contributed by atoms with E-state index in [1.807, 2.05) is 47.4 Å². The maximum atomic E-state index is 14.1. The smallest absolute Gasteiger partial charge is 0.261 e. The molecule has 4 aromatic rings. The summed E-state index contributed by atoms with van der Waals surface area (Å²) in [7, 11) is 0.0683. The van der Waals surface area contributed by atoms with E-state index in [4.69, 9.17) is 18.9 Å². The van der Waals surface area contributed by atoms with Gasteiger partial charge in [0.05, 0.1) is 69.2 Å². The van der Waals surface area contributed by atoms with E-state index in [1.165, 1.54) is 14.2 Å². The summed E-state index contributed by atoms with van der Waals surface area (Å²) in [6.45, 7) is 0.519. The molecule has 4 aliphatic heterocycles. The van der Waals surface area contributed by atoms with Crippen molar-refractivity contribution in [3.8, 4) is 23.0 Å². The van der Waals surface area contributed by atoms with Gasteiger partial charge in [-0.2, -0.15) is 0 Å². The Balaban J connectivity index is 0.933. The molecular formula is C40H41N4O8P. The maximum absolute atomic E-state index is 14.1. The highest BCUT2D eigenvalue weighted by molar-refractivity contribution is 7.64. The molecule has 274 valence electrons. The third-order valence-corrected chi connectivity index (χ3v) is 13.5. The summed E-state index contributed by atoms with van der Waals surface area (Å²) >= 11 is 0. The summed E-state index contributed by atoms with van der Waals surface area (Å²) in [5.74, 6) is 1.30. The maximum Gasteiger partial charge on any atom is 0.261 e. The lowest BCUT2D eigenvalue weighted by Gasteiger charge is -2.23. The van der Waals surface area contributed by atoms with Crippen LogP contribution in [0.5, 0.6) is 23.0 Å². The molecule has 4 heterocycles. The first-order chi connectivity index (χ1) is 25.8. The van der Waals surface area contributed by atoms with Crippen LogP contribution in [0.4, 0.5) is 22.7 Å². The Kier molecular flexibility index (Phi) is 9.34.